The summed E-state index contributed by atoms with van der Waals surface area (Å²) in [6, 6.07) is 9.32. The molecule has 0 unspecified atom stereocenters. The lowest BCUT2D eigenvalue weighted by atomic mass is 9.97. The van der Waals surface area contributed by atoms with E-state index in [4.69, 9.17) is 4.74 Å². The molecule has 144 valence electrons. The zero-order valence-electron chi connectivity index (χ0n) is 15.8. The maximum absolute atomic E-state index is 12.5. The molecule has 0 aliphatic heterocycles. The number of esters is 1. The summed E-state index contributed by atoms with van der Waals surface area (Å²) in [5, 5.41) is 0. The second-order valence-electron chi connectivity index (χ2n) is 6.30. The number of sulfonamides is 1. The van der Waals surface area contributed by atoms with Gasteiger partial charge in [0.2, 0.25) is 15.8 Å². The molecule has 27 heavy (non-hydrogen) atoms. The number of ether oxygens (including phenoxy) is 1. The summed E-state index contributed by atoms with van der Waals surface area (Å²) in [6.45, 7) is 7.11. The Balaban J connectivity index is 2.14. The molecule has 0 spiro atoms. The molecular formula is C20H23NO5S. The Morgan fingerprint density at radius 1 is 1.04 bits per heavy atom. The van der Waals surface area contributed by atoms with Crippen LogP contribution in [0.25, 0.3) is 0 Å². The van der Waals surface area contributed by atoms with Crippen LogP contribution in [-0.2, 0) is 14.8 Å². The zero-order valence-corrected chi connectivity index (χ0v) is 16.6. The predicted octanol–water partition coefficient (Wildman–Crippen LogP) is 2.95. The van der Waals surface area contributed by atoms with Gasteiger partial charge in [0, 0.05) is 12.1 Å². The van der Waals surface area contributed by atoms with E-state index in [1.165, 1.54) is 24.3 Å². The van der Waals surface area contributed by atoms with E-state index in [2.05, 4.69) is 4.72 Å². The van der Waals surface area contributed by atoms with Crippen molar-refractivity contribution in [3.8, 4) is 0 Å². The van der Waals surface area contributed by atoms with Crippen LogP contribution in [0.5, 0.6) is 0 Å². The highest BCUT2D eigenvalue weighted by atomic mass is 32.2. The second-order valence-corrected chi connectivity index (χ2v) is 8.07. The lowest BCUT2D eigenvalue weighted by Crippen LogP contribution is -2.23. The van der Waals surface area contributed by atoms with Crippen LogP contribution in [0.1, 0.15) is 44.3 Å². The number of Topliss-reactive ketones (excluding diaryl/α,β-unsaturated/α-hetero) is 1. The molecule has 2 aromatic carbocycles. The van der Waals surface area contributed by atoms with Gasteiger partial charge in [-0.25, -0.2) is 17.9 Å². The molecule has 0 atom stereocenters. The van der Waals surface area contributed by atoms with E-state index in [1.54, 1.807) is 6.92 Å². The molecule has 6 nitrogen and oxygen atoms in total. The largest absolute Gasteiger partial charge is 0.454 e. The van der Waals surface area contributed by atoms with Crippen molar-refractivity contribution in [3.63, 3.8) is 0 Å². The Morgan fingerprint density at radius 2 is 1.67 bits per heavy atom. The number of nitrogens with one attached hydrogen (secondary N) is 1. The van der Waals surface area contributed by atoms with Crippen LogP contribution in [0.2, 0.25) is 0 Å². The maximum atomic E-state index is 12.5. The highest BCUT2D eigenvalue weighted by Gasteiger charge is 2.18. The summed E-state index contributed by atoms with van der Waals surface area (Å²) in [5.74, 6) is -1.05. The van der Waals surface area contributed by atoms with Gasteiger partial charge in [0.05, 0.1) is 10.5 Å². The van der Waals surface area contributed by atoms with Crippen molar-refractivity contribution in [1.29, 1.82) is 0 Å². The average molecular weight is 389 g/mol. The van der Waals surface area contributed by atoms with Crippen LogP contribution in [-0.4, -0.2) is 33.3 Å². The van der Waals surface area contributed by atoms with Gasteiger partial charge >= 0.3 is 5.97 Å². The van der Waals surface area contributed by atoms with Gasteiger partial charge in [-0.05, 0) is 50.1 Å². The standard InChI is InChI=1S/C20H23NO5S/c1-5-21-27(24,25)17-8-6-7-16(11-17)20(23)26-12-18(22)19-14(3)9-13(2)10-15(19)4/h6-11,21H,5,12H2,1-4H3. The fourth-order valence-corrected chi connectivity index (χ4v) is 4.06. The minimum atomic E-state index is -3.68. The van der Waals surface area contributed by atoms with Gasteiger partial charge in [0.15, 0.2) is 6.61 Å². The van der Waals surface area contributed by atoms with Crippen LogP contribution in [0.3, 0.4) is 0 Å². The van der Waals surface area contributed by atoms with Crippen molar-refractivity contribution in [2.45, 2.75) is 32.6 Å². The van der Waals surface area contributed by atoms with Gasteiger partial charge in [0.25, 0.3) is 0 Å². The van der Waals surface area contributed by atoms with Gasteiger partial charge < -0.3 is 4.74 Å². The van der Waals surface area contributed by atoms with E-state index in [-0.39, 0.29) is 22.8 Å². The summed E-state index contributed by atoms with van der Waals surface area (Å²) in [6.07, 6.45) is 0. The monoisotopic (exact) mass is 389 g/mol. The molecule has 0 aliphatic carbocycles. The molecule has 2 aromatic rings. The summed E-state index contributed by atoms with van der Waals surface area (Å²) in [5.41, 5.74) is 3.31. The Kier molecular flexibility index (Phi) is 6.51. The first-order valence-corrected chi connectivity index (χ1v) is 10.0. The number of carbonyl (C=O) groups excluding carboxylic acids is 2. The molecule has 0 amide bonds. The number of rotatable bonds is 7. The molecule has 0 heterocycles. The molecule has 0 fully saturated rings. The van der Waals surface area contributed by atoms with Gasteiger partial charge in [-0.2, -0.15) is 0 Å². The normalized spacial score (nSPS) is 11.3. The van der Waals surface area contributed by atoms with Crippen molar-refractivity contribution in [3.05, 3.63) is 64.2 Å². The molecule has 1 N–H and O–H groups in total. The SMILES string of the molecule is CCNS(=O)(=O)c1cccc(C(=O)OCC(=O)c2c(C)cc(C)cc2C)c1. The molecule has 0 saturated carbocycles. The lowest BCUT2D eigenvalue weighted by molar-refractivity contribution is 0.0474. The average Bonchev–Trinajstić information content (AvgIpc) is 2.59. The van der Waals surface area contributed by atoms with Crippen LogP contribution in [0.4, 0.5) is 0 Å². The van der Waals surface area contributed by atoms with Crippen molar-refractivity contribution >= 4 is 21.8 Å². The zero-order chi connectivity index (χ0) is 20.2. The molecule has 2 rings (SSSR count). The summed E-state index contributed by atoms with van der Waals surface area (Å²) >= 11 is 0. The summed E-state index contributed by atoms with van der Waals surface area (Å²) < 4.78 is 31.6. The van der Waals surface area contributed by atoms with Crippen LogP contribution >= 0.6 is 0 Å². The molecule has 0 bridgehead atoms. The fraction of sp³-hybridized carbons (Fsp3) is 0.300. The molecule has 7 heteroatoms. The van der Waals surface area contributed by atoms with Gasteiger partial charge in [-0.1, -0.05) is 30.7 Å². The van der Waals surface area contributed by atoms with Crippen molar-refractivity contribution in [1.82, 2.24) is 4.72 Å². The second kappa shape index (κ2) is 8.45. The van der Waals surface area contributed by atoms with Crippen LogP contribution < -0.4 is 4.72 Å². The van der Waals surface area contributed by atoms with Crippen molar-refractivity contribution in [2.75, 3.05) is 13.2 Å². The molecule has 0 aromatic heterocycles. The molecule has 0 aliphatic rings. The third-order valence-electron chi connectivity index (χ3n) is 4.00. The van der Waals surface area contributed by atoms with Crippen molar-refractivity contribution < 1.29 is 22.7 Å². The fourth-order valence-electron chi connectivity index (χ4n) is 2.97. The highest BCUT2D eigenvalue weighted by molar-refractivity contribution is 7.89. The van der Waals surface area contributed by atoms with Crippen LogP contribution in [0.15, 0.2) is 41.3 Å². The first-order chi connectivity index (χ1) is 12.7. The molecule has 0 radical (unpaired) electrons. The van der Waals surface area contributed by atoms with E-state index in [0.29, 0.717) is 5.56 Å². The van der Waals surface area contributed by atoms with Crippen LogP contribution in [0, 0.1) is 20.8 Å². The Hall–Kier alpha value is -2.51. The molecular weight excluding hydrogens is 366 g/mol. The summed E-state index contributed by atoms with van der Waals surface area (Å²) in [7, 11) is -3.68. The van der Waals surface area contributed by atoms with E-state index in [9.17, 15) is 18.0 Å². The summed E-state index contributed by atoms with van der Waals surface area (Å²) in [4.78, 5) is 24.7. The number of ketones is 1. The smallest absolute Gasteiger partial charge is 0.338 e. The highest BCUT2D eigenvalue weighted by Crippen LogP contribution is 2.18. The number of hydrogen-bond donors (Lipinski definition) is 1. The van der Waals surface area contributed by atoms with Gasteiger partial charge in [0.1, 0.15) is 0 Å². The van der Waals surface area contributed by atoms with Gasteiger partial charge in [-0.15, -0.1) is 0 Å². The minimum Gasteiger partial charge on any atom is -0.454 e. The quantitative estimate of drug-likeness (QED) is 0.581. The van der Waals surface area contributed by atoms with E-state index >= 15 is 0 Å². The maximum Gasteiger partial charge on any atom is 0.338 e. The number of benzene rings is 2. The lowest BCUT2D eigenvalue weighted by Gasteiger charge is -2.11. The Morgan fingerprint density at radius 3 is 2.26 bits per heavy atom. The third-order valence-corrected chi connectivity index (χ3v) is 5.55. The van der Waals surface area contributed by atoms with E-state index < -0.39 is 22.6 Å². The molecule has 0 saturated heterocycles. The van der Waals surface area contributed by atoms with Gasteiger partial charge in [-0.3, -0.25) is 4.79 Å². The first kappa shape index (κ1) is 20.8. The number of aryl methyl sites for hydroxylation is 3. The first-order valence-electron chi connectivity index (χ1n) is 8.53. The minimum absolute atomic E-state index is 0.0321. The van der Waals surface area contributed by atoms with E-state index in [1.807, 2.05) is 32.9 Å². The Bertz CT molecular complexity index is 957. The third kappa shape index (κ3) is 5.02. The number of carbonyl (C=O) groups is 2. The number of hydrogen-bond acceptors (Lipinski definition) is 5. The topological polar surface area (TPSA) is 89.5 Å². The van der Waals surface area contributed by atoms with E-state index in [0.717, 1.165) is 16.7 Å². The predicted molar refractivity (Wildman–Crippen MR) is 103 cm³/mol. The Labute approximate surface area is 159 Å². The van der Waals surface area contributed by atoms with Crippen molar-refractivity contribution in [2.24, 2.45) is 0 Å².